The molecule has 358 valence electrons. The summed E-state index contributed by atoms with van der Waals surface area (Å²) in [5.74, 6) is 2.74. The van der Waals surface area contributed by atoms with Crippen molar-refractivity contribution >= 4 is 17.1 Å². The van der Waals surface area contributed by atoms with Gasteiger partial charge >= 0.3 is 0 Å². The van der Waals surface area contributed by atoms with Crippen LogP contribution in [-0.4, -0.2) is 0 Å². The summed E-state index contributed by atoms with van der Waals surface area (Å²) in [5, 5.41) is 0. The van der Waals surface area contributed by atoms with E-state index in [0.29, 0.717) is 17.2 Å². The summed E-state index contributed by atoms with van der Waals surface area (Å²) in [4.78, 5) is 2.35. The lowest BCUT2D eigenvalue weighted by Crippen LogP contribution is -2.25. The topological polar surface area (TPSA) is 21.7 Å². The van der Waals surface area contributed by atoms with Crippen molar-refractivity contribution in [2.45, 2.75) is 10.8 Å². The van der Waals surface area contributed by atoms with Crippen LogP contribution in [0.2, 0.25) is 0 Å². The van der Waals surface area contributed by atoms with Crippen LogP contribution in [0, 0.1) is 0 Å². The summed E-state index contributed by atoms with van der Waals surface area (Å²) in [7, 11) is 0. The molecular formula is C74H45NO2. The fourth-order valence-electron chi connectivity index (χ4n) is 14.5. The highest BCUT2D eigenvalue weighted by Crippen LogP contribution is 2.68. The van der Waals surface area contributed by atoms with Crippen molar-refractivity contribution in [3.05, 3.63) is 317 Å². The largest absolute Gasteiger partial charge is 0.449 e. The number of hydrogen-bond acceptors (Lipinski definition) is 3. The van der Waals surface area contributed by atoms with Gasteiger partial charge in [-0.05, 0) is 137 Å². The van der Waals surface area contributed by atoms with E-state index in [9.17, 15) is 0 Å². The Balaban J connectivity index is 0.841. The zero-order valence-electron chi connectivity index (χ0n) is 41.7. The fraction of sp³-hybridized carbons (Fsp3) is 0.0270. The molecule has 5 aliphatic rings. The molecular weight excluding hydrogens is 935 g/mol. The molecule has 0 atom stereocenters. The molecule has 17 rings (SSSR count). The molecule has 2 spiro atoms. The van der Waals surface area contributed by atoms with Gasteiger partial charge in [0.15, 0.2) is 23.0 Å². The Morgan fingerprint density at radius 2 is 0.636 bits per heavy atom. The van der Waals surface area contributed by atoms with Crippen molar-refractivity contribution in [3.8, 4) is 89.8 Å². The van der Waals surface area contributed by atoms with Crippen LogP contribution in [0.15, 0.2) is 273 Å². The van der Waals surface area contributed by atoms with E-state index in [0.717, 1.165) is 50.6 Å². The Bertz CT molecular complexity index is 4380. The first-order valence-electron chi connectivity index (χ1n) is 26.7. The van der Waals surface area contributed by atoms with Gasteiger partial charge < -0.3 is 14.4 Å². The van der Waals surface area contributed by atoms with Gasteiger partial charge in [0.2, 0.25) is 0 Å². The highest BCUT2D eigenvalue weighted by Gasteiger charge is 2.54. The zero-order chi connectivity index (χ0) is 50.4. The van der Waals surface area contributed by atoms with Crippen molar-refractivity contribution in [3.63, 3.8) is 0 Å². The second kappa shape index (κ2) is 15.8. The van der Waals surface area contributed by atoms with Crippen LogP contribution in [-0.2, 0) is 10.8 Å². The molecule has 4 aliphatic carbocycles. The van der Waals surface area contributed by atoms with Gasteiger partial charge in [-0.15, -0.1) is 0 Å². The fourth-order valence-corrected chi connectivity index (χ4v) is 14.5. The van der Waals surface area contributed by atoms with E-state index < -0.39 is 10.8 Å². The molecule has 0 N–H and O–H groups in total. The molecule has 1 heterocycles. The maximum atomic E-state index is 7.56. The first-order chi connectivity index (χ1) is 38.2. The van der Waals surface area contributed by atoms with Gasteiger partial charge in [0.1, 0.15) is 0 Å². The van der Waals surface area contributed by atoms with E-state index in [-0.39, 0.29) is 0 Å². The molecule has 0 amide bonds. The minimum absolute atomic E-state index is 0.422. The van der Waals surface area contributed by atoms with Crippen molar-refractivity contribution < 1.29 is 9.47 Å². The zero-order valence-corrected chi connectivity index (χ0v) is 41.7. The van der Waals surface area contributed by atoms with Gasteiger partial charge in [0.25, 0.3) is 0 Å². The molecule has 3 heteroatoms. The van der Waals surface area contributed by atoms with Crippen LogP contribution in [0.4, 0.5) is 17.1 Å². The van der Waals surface area contributed by atoms with Crippen LogP contribution in [0.5, 0.6) is 23.0 Å². The highest BCUT2D eigenvalue weighted by molar-refractivity contribution is 6.02. The molecule has 12 aromatic rings. The van der Waals surface area contributed by atoms with Crippen LogP contribution < -0.4 is 14.4 Å². The van der Waals surface area contributed by atoms with E-state index in [1.54, 1.807) is 0 Å². The smallest absolute Gasteiger partial charge is 0.194 e. The average molecular weight is 980 g/mol. The molecule has 3 nitrogen and oxygen atoms in total. The highest BCUT2D eigenvalue weighted by atomic mass is 16.6. The summed E-state index contributed by atoms with van der Waals surface area (Å²) in [5.41, 5.74) is 26.8. The maximum Gasteiger partial charge on any atom is 0.194 e. The molecule has 0 radical (unpaired) electrons. The molecule has 0 saturated heterocycles. The standard InChI is InChI=1S/C74H45NO2/c1-2-20-46(21-3-1)49-22-10-17-37-65(49)75(48-42-40-47(41-43-48)50-29-18-36-63-69(50)55-27-8-15-34-61(55)73(63)57-30-11-4-23-51(57)52-24-5-12-31-58(52)73)66-38-19-39-67-71(66)77-72-68(76-67)45-44-64-70(72)56-28-9-16-35-62(56)74(64)59-32-13-6-25-53(59)54-26-7-14-33-60(54)74/h1-45H. The maximum absolute atomic E-state index is 7.56. The molecule has 77 heavy (non-hydrogen) atoms. The number of rotatable bonds is 5. The van der Waals surface area contributed by atoms with Crippen LogP contribution in [0.1, 0.15) is 44.5 Å². The Kier molecular flexibility index (Phi) is 8.69. The van der Waals surface area contributed by atoms with Gasteiger partial charge in [-0.1, -0.05) is 237 Å². The molecule has 12 aromatic carbocycles. The van der Waals surface area contributed by atoms with E-state index in [1.807, 2.05) is 6.07 Å². The lowest BCUT2D eigenvalue weighted by molar-refractivity contribution is 0.361. The second-order valence-corrected chi connectivity index (χ2v) is 20.9. The SMILES string of the molecule is c1ccc(-c2ccccc2N(c2ccc(-c3cccc4c3-c3ccccc3C43c4ccccc4-c4ccccc43)cc2)c2cccc3c2Oc2c(ccc4c2-c2ccccc2C42c4ccccc4-c4ccccc42)O3)cc1. The van der Waals surface area contributed by atoms with Gasteiger partial charge in [-0.2, -0.15) is 0 Å². The van der Waals surface area contributed by atoms with Crippen molar-refractivity contribution in [1.29, 1.82) is 0 Å². The van der Waals surface area contributed by atoms with Gasteiger partial charge in [0, 0.05) is 16.8 Å². The van der Waals surface area contributed by atoms with E-state index in [1.165, 1.54) is 83.5 Å². The number of anilines is 3. The minimum Gasteiger partial charge on any atom is -0.449 e. The summed E-state index contributed by atoms with van der Waals surface area (Å²) < 4.78 is 14.6. The van der Waals surface area contributed by atoms with Gasteiger partial charge in [-0.25, -0.2) is 0 Å². The third-order valence-electron chi connectivity index (χ3n) is 17.4. The van der Waals surface area contributed by atoms with Crippen molar-refractivity contribution in [2.75, 3.05) is 4.90 Å². The Morgan fingerprint density at radius 1 is 0.234 bits per heavy atom. The molecule has 0 unspecified atom stereocenters. The summed E-state index contributed by atoms with van der Waals surface area (Å²) in [6, 6.07) is 100.0. The predicted molar refractivity (Wildman–Crippen MR) is 311 cm³/mol. The number of para-hydroxylation sites is 2. The van der Waals surface area contributed by atoms with E-state index in [2.05, 4.69) is 272 Å². The molecule has 0 aromatic heterocycles. The normalized spacial score (nSPS) is 14.1. The summed E-state index contributed by atoms with van der Waals surface area (Å²) >= 11 is 0. The minimum atomic E-state index is -0.521. The molecule has 0 saturated carbocycles. The van der Waals surface area contributed by atoms with Crippen LogP contribution >= 0.6 is 0 Å². The Morgan fingerprint density at radius 3 is 1.22 bits per heavy atom. The van der Waals surface area contributed by atoms with Crippen LogP contribution in [0.3, 0.4) is 0 Å². The van der Waals surface area contributed by atoms with Gasteiger partial charge in [0.05, 0.1) is 22.2 Å². The van der Waals surface area contributed by atoms with Crippen LogP contribution in [0.25, 0.3) is 66.8 Å². The first kappa shape index (κ1) is 42.4. The summed E-state index contributed by atoms with van der Waals surface area (Å²) in [6.45, 7) is 0. The van der Waals surface area contributed by atoms with Crippen molar-refractivity contribution in [2.24, 2.45) is 0 Å². The molecule has 0 fully saturated rings. The molecule has 0 bridgehead atoms. The number of hydrogen-bond donors (Lipinski definition) is 0. The number of fused-ring (bicyclic) bond motifs is 23. The molecule has 1 aliphatic heterocycles. The lowest BCUT2D eigenvalue weighted by atomic mass is 9.70. The first-order valence-corrected chi connectivity index (χ1v) is 26.7. The third kappa shape index (κ3) is 5.49. The predicted octanol–water partition coefficient (Wildman–Crippen LogP) is 19.1. The number of nitrogens with zero attached hydrogens (tertiary/aromatic N) is 1. The number of ether oxygens (including phenoxy) is 2. The average Bonchev–Trinajstić information content (AvgIpc) is 4.29. The lowest BCUT2D eigenvalue weighted by Gasteiger charge is -2.33. The monoisotopic (exact) mass is 979 g/mol. The Labute approximate surface area is 447 Å². The third-order valence-corrected chi connectivity index (χ3v) is 17.4. The van der Waals surface area contributed by atoms with Gasteiger partial charge in [-0.3, -0.25) is 0 Å². The quantitative estimate of drug-likeness (QED) is 0.172. The number of benzene rings is 12. The van der Waals surface area contributed by atoms with E-state index >= 15 is 0 Å². The van der Waals surface area contributed by atoms with Crippen molar-refractivity contribution in [1.82, 2.24) is 0 Å². The van der Waals surface area contributed by atoms with E-state index in [4.69, 9.17) is 9.47 Å². The summed E-state index contributed by atoms with van der Waals surface area (Å²) in [6.07, 6.45) is 0. The Hall–Kier alpha value is -9.96. The second-order valence-electron chi connectivity index (χ2n) is 20.9.